The highest BCUT2D eigenvalue weighted by atomic mass is 32.2. The normalized spacial score (nSPS) is 13.7. The molecule has 4 nitrogen and oxygen atoms in total. The van der Waals surface area contributed by atoms with Crippen molar-refractivity contribution >= 4 is 27.1 Å². The Morgan fingerprint density at radius 1 is 1.60 bits per heavy atom. The highest BCUT2D eigenvalue weighted by molar-refractivity contribution is 7.92. The molecule has 0 amide bonds. The first-order valence-electron chi connectivity index (χ1n) is 4.40. The average Bonchev–Trinajstić information content (AvgIpc) is 2.66. The van der Waals surface area contributed by atoms with Gasteiger partial charge in [-0.15, -0.1) is 11.3 Å². The van der Waals surface area contributed by atoms with Gasteiger partial charge in [0, 0.05) is 4.88 Å². The Labute approximate surface area is 92.5 Å². The first kappa shape index (κ1) is 12.2. The van der Waals surface area contributed by atoms with Crippen molar-refractivity contribution in [3.8, 4) is 0 Å². The Morgan fingerprint density at radius 3 is 2.73 bits per heavy atom. The van der Waals surface area contributed by atoms with Gasteiger partial charge in [0.15, 0.2) is 15.1 Å². The summed E-state index contributed by atoms with van der Waals surface area (Å²) in [6.07, 6.45) is 0.387. The maximum absolute atomic E-state index is 11.5. The number of hydrogen-bond donors (Lipinski definition) is 1. The number of carbonyl (C=O) groups is 1. The van der Waals surface area contributed by atoms with Crippen molar-refractivity contribution < 1.29 is 18.3 Å². The van der Waals surface area contributed by atoms with Gasteiger partial charge < -0.3 is 5.11 Å². The predicted molar refractivity (Wildman–Crippen MR) is 58.9 cm³/mol. The van der Waals surface area contributed by atoms with Crippen molar-refractivity contribution in [2.75, 3.05) is 5.75 Å². The van der Waals surface area contributed by atoms with E-state index in [0.717, 1.165) is 4.88 Å². The molecule has 84 valence electrons. The van der Waals surface area contributed by atoms with Gasteiger partial charge in [-0.25, -0.2) is 8.42 Å². The number of sulfone groups is 1. The van der Waals surface area contributed by atoms with Crippen LogP contribution in [0.3, 0.4) is 0 Å². The van der Waals surface area contributed by atoms with Crippen molar-refractivity contribution in [1.29, 1.82) is 0 Å². The zero-order valence-corrected chi connectivity index (χ0v) is 9.85. The second-order valence-electron chi connectivity index (χ2n) is 3.18. The van der Waals surface area contributed by atoms with Crippen LogP contribution >= 0.6 is 11.3 Å². The minimum Gasteiger partial charge on any atom is -0.480 e. The molecular formula is C9H12O4S2. The highest BCUT2D eigenvalue weighted by Gasteiger charge is 2.27. The maximum atomic E-state index is 11.5. The van der Waals surface area contributed by atoms with Crippen LogP contribution in [0.4, 0.5) is 0 Å². The molecule has 0 radical (unpaired) electrons. The summed E-state index contributed by atoms with van der Waals surface area (Å²) in [6, 6.07) is 3.68. The second-order valence-corrected chi connectivity index (χ2v) is 6.65. The van der Waals surface area contributed by atoms with Gasteiger partial charge in [0.05, 0.1) is 5.75 Å². The molecule has 1 aromatic rings. The second kappa shape index (κ2) is 4.76. The van der Waals surface area contributed by atoms with E-state index in [1.165, 1.54) is 18.3 Å². The van der Waals surface area contributed by atoms with Crippen LogP contribution < -0.4 is 0 Å². The van der Waals surface area contributed by atoms with E-state index in [2.05, 4.69) is 0 Å². The SMILES string of the molecule is CC(C(=O)O)S(=O)(=O)CCc1cccs1. The van der Waals surface area contributed by atoms with Gasteiger partial charge in [-0.05, 0) is 24.8 Å². The monoisotopic (exact) mass is 248 g/mol. The van der Waals surface area contributed by atoms with Crippen molar-refractivity contribution in [3.05, 3.63) is 22.4 Å². The molecular weight excluding hydrogens is 236 g/mol. The van der Waals surface area contributed by atoms with Crippen molar-refractivity contribution in [1.82, 2.24) is 0 Å². The Balaban J connectivity index is 2.62. The molecule has 0 bridgehead atoms. The summed E-state index contributed by atoms with van der Waals surface area (Å²) in [5.74, 6) is -1.40. The van der Waals surface area contributed by atoms with Gasteiger partial charge in [0.1, 0.15) is 0 Å². The quantitative estimate of drug-likeness (QED) is 0.849. The van der Waals surface area contributed by atoms with E-state index in [-0.39, 0.29) is 5.75 Å². The molecule has 0 aliphatic carbocycles. The van der Waals surface area contributed by atoms with E-state index in [1.807, 2.05) is 17.5 Å². The Kier molecular flexibility index (Phi) is 3.87. The van der Waals surface area contributed by atoms with Crippen LogP contribution in [0.5, 0.6) is 0 Å². The van der Waals surface area contributed by atoms with Gasteiger partial charge >= 0.3 is 5.97 Å². The smallest absolute Gasteiger partial charge is 0.321 e. The zero-order valence-electron chi connectivity index (χ0n) is 8.21. The van der Waals surface area contributed by atoms with Gasteiger partial charge in [-0.3, -0.25) is 4.79 Å². The molecule has 1 atom stereocenters. The van der Waals surface area contributed by atoms with E-state index in [4.69, 9.17) is 5.11 Å². The lowest BCUT2D eigenvalue weighted by atomic mass is 10.4. The first-order chi connectivity index (χ1) is 6.93. The van der Waals surface area contributed by atoms with Gasteiger partial charge in [0.25, 0.3) is 0 Å². The summed E-state index contributed by atoms with van der Waals surface area (Å²) in [4.78, 5) is 11.5. The minimum atomic E-state index is -3.53. The van der Waals surface area contributed by atoms with Crippen LogP contribution in [-0.4, -0.2) is 30.5 Å². The molecule has 15 heavy (non-hydrogen) atoms. The molecule has 1 N–H and O–H groups in total. The molecule has 1 heterocycles. The van der Waals surface area contributed by atoms with E-state index in [1.54, 1.807) is 0 Å². The predicted octanol–water partition coefficient (Wildman–Crippen LogP) is 1.18. The summed E-state index contributed by atoms with van der Waals surface area (Å²) in [5.41, 5.74) is 0. The fraction of sp³-hybridized carbons (Fsp3) is 0.444. The van der Waals surface area contributed by atoms with Crippen LogP contribution in [-0.2, 0) is 21.1 Å². The third-order valence-corrected chi connectivity index (χ3v) is 5.09. The van der Waals surface area contributed by atoms with E-state index >= 15 is 0 Å². The maximum Gasteiger partial charge on any atom is 0.321 e. The van der Waals surface area contributed by atoms with Crippen LogP contribution in [0.25, 0.3) is 0 Å². The number of aryl methyl sites for hydroxylation is 1. The number of carboxylic acids is 1. The third kappa shape index (κ3) is 3.32. The molecule has 1 unspecified atom stereocenters. The molecule has 1 aromatic heterocycles. The van der Waals surface area contributed by atoms with Gasteiger partial charge in [0.2, 0.25) is 0 Å². The molecule has 0 aliphatic heterocycles. The third-order valence-electron chi connectivity index (χ3n) is 2.10. The minimum absolute atomic E-state index is 0.110. The number of carboxylic acid groups (broad SMARTS) is 1. The summed E-state index contributed by atoms with van der Waals surface area (Å²) >= 11 is 1.47. The Morgan fingerprint density at radius 2 is 2.27 bits per heavy atom. The number of aliphatic carboxylic acids is 1. The lowest BCUT2D eigenvalue weighted by Gasteiger charge is -2.07. The molecule has 6 heteroatoms. The average molecular weight is 248 g/mol. The molecule has 0 aliphatic rings. The summed E-state index contributed by atoms with van der Waals surface area (Å²) in [5, 5.41) is 9.14. The lowest BCUT2D eigenvalue weighted by Crippen LogP contribution is -2.29. The van der Waals surface area contributed by atoms with Crippen LogP contribution in [0.1, 0.15) is 11.8 Å². The summed E-state index contributed by atoms with van der Waals surface area (Å²) < 4.78 is 23.0. The van der Waals surface area contributed by atoms with Crippen molar-refractivity contribution in [2.45, 2.75) is 18.6 Å². The van der Waals surface area contributed by atoms with E-state index < -0.39 is 21.1 Å². The Hall–Kier alpha value is -0.880. The molecule has 0 spiro atoms. The van der Waals surface area contributed by atoms with Crippen molar-refractivity contribution in [2.24, 2.45) is 0 Å². The molecule has 0 aromatic carbocycles. The number of hydrogen-bond acceptors (Lipinski definition) is 4. The lowest BCUT2D eigenvalue weighted by molar-refractivity contribution is -0.136. The summed E-state index contributed by atoms with van der Waals surface area (Å²) in [6.45, 7) is 1.20. The van der Waals surface area contributed by atoms with Gasteiger partial charge in [-0.2, -0.15) is 0 Å². The fourth-order valence-electron chi connectivity index (χ4n) is 1.03. The standard InChI is InChI=1S/C9H12O4S2/c1-7(9(10)11)15(12,13)6-4-8-3-2-5-14-8/h2-3,5,7H,4,6H2,1H3,(H,10,11). The van der Waals surface area contributed by atoms with Gasteiger partial charge in [-0.1, -0.05) is 6.07 Å². The molecule has 0 saturated heterocycles. The van der Waals surface area contributed by atoms with Crippen molar-refractivity contribution in [3.63, 3.8) is 0 Å². The van der Waals surface area contributed by atoms with Crippen LogP contribution in [0.15, 0.2) is 17.5 Å². The van der Waals surface area contributed by atoms with E-state index in [0.29, 0.717) is 6.42 Å². The molecule has 0 fully saturated rings. The van der Waals surface area contributed by atoms with Crippen LogP contribution in [0.2, 0.25) is 0 Å². The molecule has 1 rings (SSSR count). The fourth-order valence-corrected chi connectivity index (χ4v) is 3.03. The number of rotatable bonds is 5. The number of thiophene rings is 1. The largest absolute Gasteiger partial charge is 0.480 e. The highest BCUT2D eigenvalue weighted by Crippen LogP contribution is 2.12. The first-order valence-corrected chi connectivity index (χ1v) is 7.00. The van der Waals surface area contributed by atoms with Crippen LogP contribution in [0, 0.1) is 0 Å². The Bertz CT molecular complexity index is 419. The van der Waals surface area contributed by atoms with E-state index in [9.17, 15) is 13.2 Å². The topological polar surface area (TPSA) is 71.4 Å². The summed E-state index contributed by atoms with van der Waals surface area (Å²) in [7, 11) is -3.53. The zero-order chi connectivity index (χ0) is 11.5. The molecule has 0 saturated carbocycles.